The van der Waals surface area contributed by atoms with E-state index in [0.29, 0.717) is 12.5 Å². The number of benzene rings is 1. The molecular formula is C14H16O3. The lowest BCUT2D eigenvalue weighted by molar-refractivity contribution is -0.143. The van der Waals surface area contributed by atoms with Crippen LogP contribution in [-0.2, 0) is 4.79 Å². The lowest BCUT2D eigenvalue weighted by Gasteiger charge is -2.27. The van der Waals surface area contributed by atoms with E-state index in [2.05, 4.69) is 6.07 Å². The minimum absolute atomic E-state index is 0.346. The Bertz CT molecular complexity index is 449. The van der Waals surface area contributed by atoms with Gasteiger partial charge in [-0.05, 0) is 43.2 Å². The zero-order valence-corrected chi connectivity index (χ0v) is 9.69. The Kier molecular flexibility index (Phi) is 2.35. The highest BCUT2D eigenvalue weighted by Crippen LogP contribution is 2.54. The van der Waals surface area contributed by atoms with E-state index in [1.54, 1.807) is 0 Å². The van der Waals surface area contributed by atoms with Gasteiger partial charge in [-0.15, -0.1) is 0 Å². The molecule has 3 heteroatoms. The smallest absolute Gasteiger partial charge is 0.309 e. The monoisotopic (exact) mass is 232 g/mol. The van der Waals surface area contributed by atoms with Crippen LogP contribution in [0.25, 0.3) is 0 Å². The van der Waals surface area contributed by atoms with Crippen LogP contribution in [0.4, 0.5) is 0 Å². The molecule has 0 saturated heterocycles. The highest BCUT2D eigenvalue weighted by Gasteiger charge is 2.51. The van der Waals surface area contributed by atoms with Crippen LogP contribution >= 0.6 is 0 Å². The van der Waals surface area contributed by atoms with E-state index < -0.39 is 11.4 Å². The van der Waals surface area contributed by atoms with Crippen molar-refractivity contribution in [1.82, 2.24) is 0 Å². The van der Waals surface area contributed by atoms with E-state index in [0.717, 1.165) is 31.4 Å². The highest BCUT2D eigenvalue weighted by atomic mass is 16.5. The van der Waals surface area contributed by atoms with Crippen LogP contribution in [0.1, 0.15) is 37.2 Å². The second-order valence-electron chi connectivity index (χ2n) is 5.16. The number of rotatable bonds is 3. The van der Waals surface area contributed by atoms with Crippen LogP contribution in [0.15, 0.2) is 24.3 Å². The van der Waals surface area contributed by atoms with Crippen LogP contribution in [0, 0.1) is 5.41 Å². The quantitative estimate of drug-likeness (QED) is 0.871. The zero-order valence-electron chi connectivity index (χ0n) is 9.69. The largest absolute Gasteiger partial charge is 0.493 e. The van der Waals surface area contributed by atoms with Crippen LogP contribution < -0.4 is 4.74 Å². The summed E-state index contributed by atoms with van der Waals surface area (Å²) >= 11 is 0. The second kappa shape index (κ2) is 3.76. The van der Waals surface area contributed by atoms with Crippen molar-refractivity contribution in [2.24, 2.45) is 5.41 Å². The number of hydrogen-bond donors (Lipinski definition) is 1. The summed E-state index contributed by atoms with van der Waals surface area (Å²) in [6.07, 6.45) is 3.37. The van der Waals surface area contributed by atoms with Crippen molar-refractivity contribution in [2.45, 2.75) is 31.6 Å². The van der Waals surface area contributed by atoms with E-state index in [1.165, 1.54) is 5.56 Å². The number of carboxylic acids is 1. The molecule has 90 valence electrons. The Hall–Kier alpha value is -1.51. The number of carbonyl (C=O) groups is 1. The number of para-hydroxylation sites is 1. The zero-order chi connectivity index (χ0) is 11.9. The average Bonchev–Trinajstić information content (AvgIpc) is 3.11. The van der Waals surface area contributed by atoms with Crippen LogP contribution in [0.5, 0.6) is 5.75 Å². The Morgan fingerprint density at radius 3 is 2.88 bits per heavy atom. The van der Waals surface area contributed by atoms with Crippen molar-refractivity contribution < 1.29 is 14.6 Å². The molecule has 1 saturated carbocycles. The molecule has 17 heavy (non-hydrogen) atoms. The summed E-state index contributed by atoms with van der Waals surface area (Å²) in [5, 5.41) is 9.25. The number of hydrogen-bond acceptors (Lipinski definition) is 2. The lowest BCUT2D eigenvalue weighted by atomic mass is 9.83. The first kappa shape index (κ1) is 10.6. The summed E-state index contributed by atoms with van der Waals surface area (Å²) < 4.78 is 5.60. The molecule has 1 N–H and O–H groups in total. The standard InChI is InChI=1S/C14H16O3/c15-13(16)14(6-7-14)9-10-5-8-17-12-4-2-1-3-11(10)12/h1-4,10H,5-9H2,(H,15,16). The fourth-order valence-electron chi connectivity index (χ4n) is 2.76. The maximum Gasteiger partial charge on any atom is 0.309 e. The molecule has 3 rings (SSSR count). The molecule has 1 aliphatic carbocycles. The van der Waals surface area contributed by atoms with Gasteiger partial charge in [-0.25, -0.2) is 0 Å². The van der Waals surface area contributed by atoms with Gasteiger partial charge in [0.25, 0.3) is 0 Å². The van der Waals surface area contributed by atoms with Gasteiger partial charge < -0.3 is 9.84 Å². The first-order valence-corrected chi connectivity index (χ1v) is 6.16. The minimum atomic E-state index is -0.624. The molecule has 1 fully saturated rings. The Labute approximate surface area is 100 Å². The third kappa shape index (κ3) is 1.79. The molecule has 1 atom stereocenters. The molecule has 1 aromatic rings. The Morgan fingerprint density at radius 2 is 2.18 bits per heavy atom. The van der Waals surface area contributed by atoms with E-state index >= 15 is 0 Å². The minimum Gasteiger partial charge on any atom is -0.493 e. The molecule has 0 amide bonds. The number of fused-ring (bicyclic) bond motifs is 1. The van der Waals surface area contributed by atoms with Crippen molar-refractivity contribution >= 4 is 5.97 Å². The van der Waals surface area contributed by atoms with Gasteiger partial charge in [-0.3, -0.25) is 4.79 Å². The third-order valence-corrected chi connectivity index (χ3v) is 4.03. The van der Waals surface area contributed by atoms with Gasteiger partial charge in [-0.1, -0.05) is 18.2 Å². The molecule has 3 nitrogen and oxygen atoms in total. The van der Waals surface area contributed by atoms with Gasteiger partial charge >= 0.3 is 5.97 Å². The van der Waals surface area contributed by atoms with Crippen LogP contribution in [0.3, 0.4) is 0 Å². The normalized spacial score (nSPS) is 24.6. The fourth-order valence-corrected chi connectivity index (χ4v) is 2.76. The molecule has 0 spiro atoms. The first-order chi connectivity index (χ1) is 8.21. The van der Waals surface area contributed by atoms with Crippen LogP contribution in [-0.4, -0.2) is 17.7 Å². The van der Waals surface area contributed by atoms with Crippen molar-refractivity contribution in [1.29, 1.82) is 0 Å². The molecule has 1 aromatic carbocycles. The predicted octanol–water partition coefficient (Wildman–Crippen LogP) is 2.81. The van der Waals surface area contributed by atoms with Gasteiger partial charge in [0, 0.05) is 0 Å². The third-order valence-electron chi connectivity index (χ3n) is 4.03. The van der Waals surface area contributed by atoms with Gasteiger partial charge in [0.1, 0.15) is 5.75 Å². The predicted molar refractivity (Wildman–Crippen MR) is 63.2 cm³/mol. The summed E-state index contributed by atoms with van der Waals surface area (Å²) in [5.74, 6) is 0.657. The first-order valence-electron chi connectivity index (χ1n) is 6.16. The molecule has 0 radical (unpaired) electrons. The SMILES string of the molecule is O=C(O)C1(CC2CCOc3ccccc32)CC1. The summed E-state index contributed by atoms with van der Waals surface area (Å²) in [6, 6.07) is 8.01. The van der Waals surface area contributed by atoms with Crippen LogP contribution in [0.2, 0.25) is 0 Å². The maximum atomic E-state index is 11.2. The van der Waals surface area contributed by atoms with E-state index in [-0.39, 0.29) is 0 Å². The molecule has 0 aromatic heterocycles. The highest BCUT2D eigenvalue weighted by molar-refractivity contribution is 5.77. The Balaban J connectivity index is 1.84. The summed E-state index contributed by atoms with van der Waals surface area (Å²) in [5.41, 5.74) is 0.751. The lowest BCUT2D eigenvalue weighted by Crippen LogP contribution is -2.22. The molecular weight excluding hydrogens is 216 g/mol. The Morgan fingerprint density at radius 1 is 1.41 bits per heavy atom. The van der Waals surface area contributed by atoms with Crippen molar-refractivity contribution in [3.8, 4) is 5.75 Å². The van der Waals surface area contributed by atoms with Gasteiger partial charge in [-0.2, -0.15) is 0 Å². The summed E-state index contributed by atoms with van der Waals surface area (Å²) in [7, 11) is 0. The topological polar surface area (TPSA) is 46.5 Å². The van der Waals surface area contributed by atoms with Crippen molar-refractivity contribution in [3.63, 3.8) is 0 Å². The number of aliphatic carboxylic acids is 1. The van der Waals surface area contributed by atoms with E-state index in [4.69, 9.17) is 4.74 Å². The molecule has 1 heterocycles. The van der Waals surface area contributed by atoms with Crippen molar-refractivity contribution in [2.75, 3.05) is 6.61 Å². The fraction of sp³-hybridized carbons (Fsp3) is 0.500. The van der Waals surface area contributed by atoms with E-state index in [9.17, 15) is 9.90 Å². The average molecular weight is 232 g/mol. The van der Waals surface area contributed by atoms with Gasteiger partial charge in [0.2, 0.25) is 0 Å². The second-order valence-corrected chi connectivity index (χ2v) is 5.16. The summed E-state index contributed by atoms with van der Waals surface area (Å²) in [6.45, 7) is 0.706. The molecule has 1 unspecified atom stereocenters. The maximum absolute atomic E-state index is 11.2. The van der Waals surface area contributed by atoms with Gasteiger partial charge in [0.05, 0.1) is 12.0 Å². The van der Waals surface area contributed by atoms with Gasteiger partial charge in [0.15, 0.2) is 0 Å². The van der Waals surface area contributed by atoms with Crippen molar-refractivity contribution in [3.05, 3.63) is 29.8 Å². The number of carboxylic acid groups (broad SMARTS) is 1. The summed E-state index contributed by atoms with van der Waals surface area (Å²) in [4.78, 5) is 11.2. The molecule has 1 aliphatic heterocycles. The molecule has 2 aliphatic rings. The number of ether oxygens (including phenoxy) is 1. The molecule has 0 bridgehead atoms. The van der Waals surface area contributed by atoms with E-state index in [1.807, 2.05) is 18.2 Å².